The number of anilines is 2. The molecule has 142 valence electrons. The number of aryl methyl sites for hydroxylation is 1. The second-order valence-corrected chi connectivity index (χ2v) is 6.80. The molecule has 1 fully saturated rings. The minimum atomic E-state index is -0.149. The molecule has 1 aliphatic heterocycles. The lowest BCUT2D eigenvalue weighted by Gasteiger charge is -2.28. The van der Waals surface area contributed by atoms with Gasteiger partial charge in [-0.3, -0.25) is 9.78 Å². The van der Waals surface area contributed by atoms with E-state index in [4.69, 9.17) is 4.74 Å². The number of carbonyl (C=O) groups is 1. The molecule has 1 N–H and O–H groups in total. The summed E-state index contributed by atoms with van der Waals surface area (Å²) >= 11 is 0. The monoisotopic (exact) mass is 373 g/mol. The van der Waals surface area contributed by atoms with E-state index in [0.717, 1.165) is 48.9 Å². The molecule has 0 atom stereocenters. The highest BCUT2D eigenvalue weighted by atomic mass is 16.5. The Balaban J connectivity index is 1.46. The minimum absolute atomic E-state index is 0.149. The number of morpholine rings is 1. The van der Waals surface area contributed by atoms with Gasteiger partial charge >= 0.3 is 0 Å². The summed E-state index contributed by atoms with van der Waals surface area (Å²) in [5.74, 6) is -0.149. The van der Waals surface area contributed by atoms with E-state index in [1.165, 1.54) is 0 Å². The van der Waals surface area contributed by atoms with Crippen LogP contribution in [0, 0.1) is 6.92 Å². The van der Waals surface area contributed by atoms with Gasteiger partial charge in [-0.2, -0.15) is 0 Å². The summed E-state index contributed by atoms with van der Waals surface area (Å²) in [6.07, 6.45) is 0. The van der Waals surface area contributed by atoms with Crippen LogP contribution in [0.4, 0.5) is 11.4 Å². The largest absolute Gasteiger partial charge is 0.378 e. The molecule has 0 aliphatic carbocycles. The van der Waals surface area contributed by atoms with Crippen LogP contribution in [-0.4, -0.2) is 37.2 Å². The number of nitrogens with zero attached hydrogens (tertiary/aromatic N) is 2. The number of benzene rings is 2. The van der Waals surface area contributed by atoms with Gasteiger partial charge in [0.2, 0.25) is 0 Å². The molecule has 0 spiro atoms. The number of hydrogen-bond acceptors (Lipinski definition) is 4. The first-order valence-electron chi connectivity index (χ1n) is 9.48. The van der Waals surface area contributed by atoms with Crippen LogP contribution >= 0.6 is 0 Å². The fourth-order valence-electron chi connectivity index (χ4n) is 3.35. The summed E-state index contributed by atoms with van der Waals surface area (Å²) in [5.41, 5.74) is 5.11. The number of nitrogens with one attached hydrogen (secondary N) is 1. The van der Waals surface area contributed by atoms with Crippen LogP contribution in [0.5, 0.6) is 0 Å². The SMILES string of the molecule is Cc1nc(-c2ccccc2)ccc1C(=O)Nc1ccc(N2CCOCC2)cc1. The maximum atomic E-state index is 12.7. The van der Waals surface area contributed by atoms with Gasteiger partial charge < -0.3 is 15.0 Å². The molecular weight excluding hydrogens is 350 g/mol. The highest BCUT2D eigenvalue weighted by Gasteiger charge is 2.13. The lowest BCUT2D eigenvalue weighted by molar-refractivity contribution is 0.102. The van der Waals surface area contributed by atoms with Gasteiger partial charge in [0.25, 0.3) is 5.91 Å². The topological polar surface area (TPSA) is 54.5 Å². The quantitative estimate of drug-likeness (QED) is 0.747. The first kappa shape index (κ1) is 18.2. The van der Waals surface area contributed by atoms with Crippen molar-refractivity contribution in [3.05, 3.63) is 78.0 Å². The fraction of sp³-hybridized carbons (Fsp3) is 0.217. The molecule has 5 nitrogen and oxygen atoms in total. The summed E-state index contributed by atoms with van der Waals surface area (Å²) in [7, 11) is 0. The van der Waals surface area contributed by atoms with Crippen molar-refractivity contribution in [3.63, 3.8) is 0 Å². The Morgan fingerprint density at radius 3 is 2.36 bits per heavy atom. The maximum absolute atomic E-state index is 12.7. The lowest BCUT2D eigenvalue weighted by Crippen LogP contribution is -2.36. The van der Waals surface area contributed by atoms with Gasteiger partial charge in [-0.15, -0.1) is 0 Å². The molecule has 5 heteroatoms. The van der Waals surface area contributed by atoms with E-state index in [1.807, 2.05) is 73.7 Å². The van der Waals surface area contributed by atoms with Crippen LogP contribution in [-0.2, 0) is 4.74 Å². The Bertz CT molecular complexity index is 949. The first-order valence-corrected chi connectivity index (χ1v) is 9.48. The number of pyridine rings is 1. The Labute approximate surface area is 165 Å². The molecule has 28 heavy (non-hydrogen) atoms. The molecule has 1 aliphatic rings. The third kappa shape index (κ3) is 4.05. The van der Waals surface area contributed by atoms with Crippen molar-refractivity contribution in [1.29, 1.82) is 0 Å². The van der Waals surface area contributed by atoms with Crippen molar-refractivity contribution in [2.75, 3.05) is 36.5 Å². The van der Waals surface area contributed by atoms with Crippen LogP contribution in [0.25, 0.3) is 11.3 Å². The van der Waals surface area contributed by atoms with Crippen molar-refractivity contribution < 1.29 is 9.53 Å². The van der Waals surface area contributed by atoms with E-state index in [0.29, 0.717) is 11.3 Å². The molecule has 0 radical (unpaired) electrons. The maximum Gasteiger partial charge on any atom is 0.257 e. The van der Waals surface area contributed by atoms with Gasteiger partial charge in [0, 0.05) is 30.0 Å². The third-order valence-electron chi connectivity index (χ3n) is 4.90. The normalized spacial score (nSPS) is 14.0. The van der Waals surface area contributed by atoms with Crippen molar-refractivity contribution >= 4 is 17.3 Å². The Morgan fingerprint density at radius 2 is 1.68 bits per heavy atom. The highest BCUT2D eigenvalue weighted by molar-refractivity contribution is 6.05. The zero-order valence-corrected chi connectivity index (χ0v) is 15.9. The summed E-state index contributed by atoms with van der Waals surface area (Å²) in [5, 5.41) is 2.97. The summed E-state index contributed by atoms with van der Waals surface area (Å²) in [4.78, 5) is 19.6. The number of rotatable bonds is 4. The van der Waals surface area contributed by atoms with Gasteiger partial charge in [-0.25, -0.2) is 0 Å². The van der Waals surface area contributed by atoms with E-state index >= 15 is 0 Å². The average Bonchev–Trinajstić information content (AvgIpc) is 2.75. The Morgan fingerprint density at radius 1 is 0.964 bits per heavy atom. The van der Waals surface area contributed by atoms with E-state index in [2.05, 4.69) is 15.2 Å². The highest BCUT2D eigenvalue weighted by Crippen LogP contribution is 2.21. The average molecular weight is 373 g/mol. The molecule has 1 amide bonds. The number of amides is 1. The van der Waals surface area contributed by atoms with Gasteiger partial charge in [0.1, 0.15) is 0 Å². The van der Waals surface area contributed by atoms with Crippen LogP contribution < -0.4 is 10.2 Å². The van der Waals surface area contributed by atoms with Crippen LogP contribution in [0.3, 0.4) is 0 Å². The number of hydrogen-bond donors (Lipinski definition) is 1. The van der Waals surface area contributed by atoms with Crippen LogP contribution in [0.1, 0.15) is 16.1 Å². The number of carbonyl (C=O) groups excluding carboxylic acids is 1. The minimum Gasteiger partial charge on any atom is -0.378 e. The molecule has 0 unspecified atom stereocenters. The van der Waals surface area contributed by atoms with Gasteiger partial charge in [-0.05, 0) is 43.3 Å². The van der Waals surface area contributed by atoms with E-state index in [-0.39, 0.29) is 5.91 Å². The number of aromatic nitrogens is 1. The summed E-state index contributed by atoms with van der Waals surface area (Å²) in [6, 6.07) is 21.6. The predicted molar refractivity (Wildman–Crippen MR) is 112 cm³/mol. The molecule has 3 aromatic rings. The molecule has 2 heterocycles. The molecule has 1 aromatic heterocycles. The molecule has 4 rings (SSSR count). The summed E-state index contributed by atoms with van der Waals surface area (Å²) < 4.78 is 5.39. The zero-order chi connectivity index (χ0) is 19.3. The Hall–Kier alpha value is -3.18. The number of ether oxygens (including phenoxy) is 1. The van der Waals surface area contributed by atoms with Crippen LogP contribution in [0.15, 0.2) is 66.7 Å². The van der Waals surface area contributed by atoms with Crippen molar-refractivity contribution in [1.82, 2.24) is 4.98 Å². The van der Waals surface area contributed by atoms with Gasteiger partial charge in [0.15, 0.2) is 0 Å². The van der Waals surface area contributed by atoms with Crippen molar-refractivity contribution in [3.8, 4) is 11.3 Å². The molecule has 2 aromatic carbocycles. The molecule has 1 saturated heterocycles. The third-order valence-corrected chi connectivity index (χ3v) is 4.90. The Kier molecular flexibility index (Phi) is 5.35. The first-order chi connectivity index (χ1) is 13.7. The molecule has 0 saturated carbocycles. The lowest BCUT2D eigenvalue weighted by atomic mass is 10.1. The van der Waals surface area contributed by atoms with Gasteiger partial charge in [0.05, 0.1) is 30.2 Å². The van der Waals surface area contributed by atoms with E-state index < -0.39 is 0 Å². The standard InChI is InChI=1S/C23H23N3O2/c1-17-21(11-12-22(24-17)18-5-3-2-4-6-18)23(27)25-19-7-9-20(10-8-19)26-13-15-28-16-14-26/h2-12H,13-16H2,1H3,(H,25,27). The summed E-state index contributed by atoms with van der Waals surface area (Å²) in [6.45, 7) is 5.16. The predicted octanol–water partition coefficient (Wildman–Crippen LogP) is 4.15. The van der Waals surface area contributed by atoms with Crippen molar-refractivity contribution in [2.45, 2.75) is 6.92 Å². The molecular formula is C23H23N3O2. The zero-order valence-electron chi connectivity index (χ0n) is 15.9. The van der Waals surface area contributed by atoms with Gasteiger partial charge in [-0.1, -0.05) is 30.3 Å². The van der Waals surface area contributed by atoms with E-state index in [9.17, 15) is 4.79 Å². The van der Waals surface area contributed by atoms with Crippen LogP contribution in [0.2, 0.25) is 0 Å². The smallest absolute Gasteiger partial charge is 0.257 e. The molecule has 0 bridgehead atoms. The fourth-order valence-corrected chi connectivity index (χ4v) is 3.35. The van der Waals surface area contributed by atoms with E-state index in [1.54, 1.807) is 0 Å². The second-order valence-electron chi connectivity index (χ2n) is 6.80. The second kappa shape index (κ2) is 8.23. The van der Waals surface area contributed by atoms with Crippen molar-refractivity contribution in [2.24, 2.45) is 0 Å².